The predicted octanol–water partition coefficient (Wildman–Crippen LogP) is 19.9. The molecule has 8 nitrogen and oxygen atoms in total. The molecular formula is C58H44F12O8P2S2. The molecule has 10 rings (SSSR count). The summed E-state index contributed by atoms with van der Waals surface area (Å²) in [5, 5.41) is 2.40. The number of unbranched alkanes of at least 4 members (excludes halogenated alkanes) is 1. The molecule has 10 aromatic rings. The maximum Gasteiger partial charge on any atom is 0.344 e. The normalized spacial score (nSPS) is 13.7. The zero-order valence-corrected chi connectivity index (χ0v) is 45.7. The zero-order chi connectivity index (χ0) is 59.2. The van der Waals surface area contributed by atoms with Gasteiger partial charge in [0.15, 0.2) is 41.8 Å². The van der Waals surface area contributed by atoms with Crippen LogP contribution in [0.2, 0.25) is 0 Å². The third-order valence-corrected chi connectivity index (χ3v) is 16.4. The van der Waals surface area contributed by atoms with Gasteiger partial charge in [-0.2, -0.15) is 0 Å². The molecule has 0 spiro atoms. The van der Waals surface area contributed by atoms with Crippen LogP contribution in [0.5, 0.6) is 11.5 Å². The standard InChI is InChI=1S/C58H44O8S2.2F6P/c59-55(37-65-43-25-31-53-49(35-43)57(61)47-17-7-9-19-51(47)67(53)45-27-21-41(22-28-45)39-13-3-1-4-14-39)63-33-11-12-34-64-56(60)38-66-44-26-32-54-50(36-44)58(62)48-18-8-10-20-52(48)68(54)46-29-23-42(24-30-46)40-15-5-2-6-16-40;2*1-7(2,3,4,5)6/h1-10,13-32,35-36H,11-12,33-34,37-38H2;;/q+2;2*-1. The van der Waals surface area contributed by atoms with Crippen molar-refractivity contribution in [2.24, 2.45) is 0 Å². The van der Waals surface area contributed by atoms with Crippen LogP contribution < -0.4 is 20.3 Å². The molecule has 0 N–H and O–H groups in total. The van der Waals surface area contributed by atoms with Crippen LogP contribution in [-0.2, 0) is 19.1 Å². The van der Waals surface area contributed by atoms with Crippen LogP contribution in [-0.4, -0.2) is 38.4 Å². The number of halogens is 12. The first kappa shape index (κ1) is 60.2. The monoisotopic (exact) mass is 1220 g/mol. The van der Waals surface area contributed by atoms with Gasteiger partial charge in [-0.25, -0.2) is 9.59 Å². The van der Waals surface area contributed by atoms with Gasteiger partial charge in [0.05, 0.1) is 34.8 Å². The van der Waals surface area contributed by atoms with Gasteiger partial charge in [0.2, 0.25) is 10.9 Å². The molecule has 0 aliphatic carbocycles. The largest absolute Gasteiger partial charge is 0.482 e. The van der Waals surface area contributed by atoms with Gasteiger partial charge in [0.1, 0.15) is 11.5 Å². The molecule has 0 bridgehead atoms. The Bertz CT molecular complexity index is 3830. The fourth-order valence-electron chi connectivity index (χ4n) is 8.38. The summed E-state index contributed by atoms with van der Waals surface area (Å²) in [6, 6.07) is 63.7. The van der Waals surface area contributed by atoms with E-state index in [0.29, 0.717) is 45.9 Å². The third kappa shape index (κ3) is 17.8. The number of hydrogen-bond donors (Lipinski definition) is 0. The summed E-state index contributed by atoms with van der Waals surface area (Å²) in [7, 11) is -22.4. The maximum absolute atomic E-state index is 13.8. The number of esters is 2. The van der Waals surface area contributed by atoms with Gasteiger partial charge in [0, 0.05) is 33.1 Å². The summed E-state index contributed by atoms with van der Waals surface area (Å²) in [6.07, 6.45) is 0.930. The van der Waals surface area contributed by atoms with Crippen molar-refractivity contribution in [3.05, 3.63) is 215 Å². The molecule has 2 aromatic heterocycles. The first-order valence-electron chi connectivity index (χ1n) is 24.3. The molecule has 0 fully saturated rings. The molecule has 2 unspecified atom stereocenters. The van der Waals surface area contributed by atoms with Crippen molar-refractivity contribution >= 4 is 88.8 Å². The Morgan fingerprint density at radius 2 is 0.646 bits per heavy atom. The van der Waals surface area contributed by atoms with Crippen molar-refractivity contribution in [1.82, 2.24) is 0 Å². The summed E-state index contributed by atoms with van der Waals surface area (Å²) < 4.78 is 145. The second kappa shape index (κ2) is 22.5. The van der Waals surface area contributed by atoms with E-state index in [0.717, 1.165) is 50.8 Å². The van der Waals surface area contributed by atoms with Crippen molar-refractivity contribution in [3.63, 3.8) is 0 Å². The van der Waals surface area contributed by atoms with Crippen LogP contribution in [0.1, 0.15) is 12.8 Å². The van der Waals surface area contributed by atoms with E-state index in [4.69, 9.17) is 18.9 Å². The molecule has 0 radical (unpaired) electrons. The fourth-order valence-corrected chi connectivity index (χ4v) is 13.0. The number of rotatable bonds is 15. The Hall–Kier alpha value is -7.90. The average Bonchev–Trinajstić information content (AvgIpc) is 2.56. The molecular weight excluding hydrogens is 1180 g/mol. The van der Waals surface area contributed by atoms with Crippen LogP contribution >= 0.6 is 36.6 Å². The Balaban J connectivity index is 0.000000560. The molecule has 82 heavy (non-hydrogen) atoms. The Morgan fingerprint density at radius 1 is 0.354 bits per heavy atom. The molecule has 0 amide bonds. The summed E-state index contributed by atoms with van der Waals surface area (Å²) in [6.45, 7) is -0.419. The van der Waals surface area contributed by atoms with Gasteiger partial charge in [-0.3, -0.25) is 9.59 Å². The predicted molar refractivity (Wildman–Crippen MR) is 303 cm³/mol. The fraction of sp³-hybridized carbons (Fsp3) is 0.103. The van der Waals surface area contributed by atoms with Gasteiger partial charge in [-0.1, -0.05) is 84.9 Å². The first-order chi connectivity index (χ1) is 38.3. The van der Waals surface area contributed by atoms with Crippen LogP contribution in [0.3, 0.4) is 0 Å². The summed E-state index contributed by atoms with van der Waals surface area (Å²) >= 11 is 0. The van der Waals surface area contributed by atoms with Crippen molar-refractivity contribution < 1.29 is 78.9 Å². The molecule has 0 aliphatic rings. The molecule has 2 heterocycles. The van der Waals surface area contributed by atoms with E-state index in [1.807, 2.05) is 97.1 Å². The Labute approximate surface area is 463 Å². The SMILES string of the molecule is F[P-](F)(F)(F)(F)F.F[P-](F)(F)(F)(F)F.O=C(COc1ccc2c(c1)c(=O)c1ccccc1[s+]2-c1ccc(-c2ccccc2)cc1)OCCCCOC(=O)COc1ccc2c(c1)c(=O)c1ccccc1[s+]2-c1ccc(-c2ccccc2)cc1. The van der Waals surface area contributed by atoms with Crippen LogP contribution in [0.15, 0.2) is 204 Å². The minimum atomic E-state index is -10.7. The van der Waals surface area contributed by atoms with E-state index in [-0.39, 0.29) is 37.3 Å². The van der Waals surface area contributed by atoms with Gasteiger partial charge < -0.3 is 18.9 Å². The second-order valence-corrected chi connectivity index (χ2v) is 25.8. The molecule has 8 aromatic carbocycles. The third-order valence-electron chi connectivity index (χ3n) is 11.7. The van der Waals surface area contributed by atoms with E-state index >= 15 is 0 Å². The number of ether oxygens (including phenoxy) is 4. The van der Waals surface area contributed by atoms with Crippen LogP contribution in [0.25, 0.3) is 72.4 Å². The van der Waals surface area contributed by atoms with Gasteiger partial charge in [-0.15, -0.1) is 0 Å². The summed E-state index contributed by atoms with van der Waals surface area (Å²) in [5.74, 6) is -0.314. The quantitative estimate of drug-likeness (QED) is 0.0250. The van der Waals surface area contributed by atoms with Crippen molar-refractivity contribution in [1.29, 1.82) is 0 Å². The maximum atomic E-state index is 13.8. The minimum Gasteiger partial charge on any atom is -0.482 e. The molecule has 0 saturated carbocycles. The summed E-state index contributed by atoms with van der Waals surface area (Å²) in [5.41, 5.74) is 4.34. The Morgan fingerprint density at radius 3 is 0.988 bits per heavy atom. The number of carbonyl (C=O) groups excluding carboxylic acids is 2. The molecule has 0 aliphatic heterocycles. The van der Waals surface area contributed by atoms with Gasteiger partial charge in [-0.05, 0) is 132 Å². The molecule has 2 atom stereocenters. The van der Waals surface area contributed by atoms with Crippen LogP contribution in [0.4, 0.5) is 50.4 Å². The van der Waals surface area contributed by atoms with Crippen LogP contribution in [0, 0.1) is 0 Å². The first-order valence-corrected chi connectivity index (χ1v) is 30.8. The molecule has 24 heteroatoms. The van der Waals surface area contributed by atoms with Crippen molar-refractivity contribution in [2.75, 3.05) is 26.4 Å². The average molecular weight is 1220 g/mol. The number of carbonyl (C=O) groups is 2. The summed E-state index contributed by atoms with van der Waals surface area (Å²) in [4.78, 5) is 55.0. The second-order valence-electron chi connectivity index (χ2n) is 18.0. The van der Waals surface area contributed by atoms with E-state index < -0.39 is 48.5 Å². The van der Waals surface area contributed by atoms with Gasteiger partial charge in [0.25, 0.3) is 0 Å². The molecule has 0 saturated heterocycles. The van der Waals surface area contributed by atoms with E-state index in [9.17, 15) is 69.5 Å². The zero-order valence-electron chi connectivity index (χ0n) is 42.2. The van der Waals surface area contributed by atoms with Crippen molar-refractivity contribution in [3.8, 4) is 43.5 Å². The topological polar surface area (TPSA) is 105 Å². The van der Waals surface area contributed by atoms with E-state index in [1.165, 1.54) is 0 Å². The number of hydrogen-bond acceptors (Lipinski definition) is 8. The minimum absolute atomic E-state index is 0.0853. The number of fused-ring (bicyclic) bond motifs is 4. The molecule has 430 valence electrons. The smallest absolute Gasteiger partial charge is 0.344 e. The van der Waals surface area contributed by atoms with Gasteiger partial charge >= 0.3 is 77.9 Å². The van der Waals surface area contributed by atoms with E-state index in [1.54, 1.807) is 24.3 Å². The van der Waals surface area contributed by atoms with E-state index in [2.05, 4.69) is 72.8 Å². The Kier molecular flexibility index (Phi) is 16.5. The number of benzene rings is 8. The van der Waals surface area contributed by atoms with Crippen molar-refractivity contribution in [2.45, 2.75) is 12.8 Å².